The lowest BCUT2D eigenvalue weighted by Gasteiger charge is -2.35. The Kier molecular flexibility index (Phi) is 8.18. The van der Waals surface area contributed by atoms with E-state index in [-0.39, 0.29) is 11.7 Å². The van der Waals surface area contributed by atoms with Gasteiger partial charge in [-0.3, -0.25) is 5.43 Å². The Labute approximate surface area is 173 Å². The maximum absolute atomic E-state index is 13.3. The van der Waals surface area contributed by atoms with Crippen LogP contribution in [0.4, 0.5) is 4.39 Å². The number of hydrogen-bond donors (Lipinski definition) is 2. The van der Waals surface area contributed by atoms with Crippen LogP contribution in [0.1, 0.15) is 37.2 Å². The van der Waals surface area contributed by atoms with Crippen molar-refractivity contribution in [2.24, 2.45) is 11.0 Å². The summed E-state index contributed by atoms with van der Waals surface area (Å²) >= 11 is 5.34. The Balaban J connectivity index is 1.46. The monoisotopic (exact) mass is 405 g/mol. The molecular weight excluding hydrogens is 373 g/mol. The molecule has 28 heavy (non-hydrogen) atoms. The number of hydrogen-bond acceptors (Lipinski definition) is 4. The first-order chi connectivity index (χ1) is 13.6. The maximum atomic E-state index is 13.3. The van der Waals surface area contributed by atoms with Crippen LogP contribution in [0.5, 0.6) is 0 Å². The van der Waals surface area contributed by atoms with Crippen molar-refractivity contribution in [3.63, 3.8) is 0 Å². The molecule has 2 N–H and O–H groups in total. The Morgan fingerprint density at radius 3 is 2.71 bits per heavy atom. The number of likely N-dealkylation sites (tertiary alicyclic amines) is 2. The van der Waals surface area contributed by atoms with Gasteiger partial charge in [0.1, 0.15) is 5.82 Å². The highest BCUT2D eigenvalue weighted by Crippen LogP contribution is 2.31. The lowest BCUT2D eigenvalue weighted by Crippen LogP contribution is -2.41. The molecule has 3 rings (SSSR count). The second-order valence-electron chi connectivity index (χ2n) is 7.92. The van der Waals surface area contributed by atoms with E-state index in [0.717, 1.165) is 32.6 Å². The van der Waals surface area contributed by atoms with E-state index in [9.17, 15) is 4.39 Å². The van der Waals surface area contributed by atoms with Crippen LogP contribution >= 0.6 is 12.2 Å². The van der Waals surface area contributed by atoms with Crippen LogP contribution in [0.3, 0.4) is 0 Å². The van der Waals surface area contributed by atoms with Crippen LogP contribution in [0, 0.1) is 11.7 Å². The smallest absolute Gasteiger partial charge is 0.186 e. The molecular formula is C21H32FN5S. The molecule has 2 saturated heterocycles. The first-order valence-corrected chi connectivity index (χ1v) is 10.8. The number of halogens is 1. The van der Waals surface area contributed by atoms with Crippen molar-refractivity contribution in [2.45, 2.75) is 31.6 Å². The van der Waals surface area contributed by atoms with Gasteiger partial charge in [-0.05, 0) is 81.8 Å². The van der Waals surface area contributed by atoms with Crippen LogP contribution in [0.25, 0.3) is 0 Å². The molecule has 0 aliphatic carbocycles. The molecule has 7 heteroatoms. The van der Waals surface area contributed by atoms with Crippen molar-refractivity contribution in [1.82, 2.24) is 20.5 Å². The summed E-state index contributed by atoms with van der Waals surface area (Å²) in [5.74, 6) is 0.431. The zero-order valence-corrected chi connectivity index (χ0v) is 17.6. The average Bonchev–Trinajstić information content (AvgIpc) is 2.70. The summed E-state index contributed by atoms with van der Waals surface area (Å²) in [4.78, 5) is 4.79. The normalized spacial score (nSPS) is 24.4. The predicted molar refractivity (Wildman–Crippen MR) is 117 cm³/mol. The number of hydrazone groups is 1. The van der Waals surface area contributed by atoms with E-state index in [1.54, 1.807) is 12.1 Å². The molecule has 2 aliphatic heterocycles. The maximum Gasteiger partial charge on any atom is 0.186 e. The lowest BCUT2D eigenvalue weighted by molar-refractivity contribution is 0.224. The van der Waals surface area contributed by atoms with Gasteiger partial charge in [0.05, 0.1) is 0 Å². The molecule has 1 aromatic carbocycles. The highest BCUT2D eigenvalue weighted by atomic mass is 32.1. The molecule has 0 radical (unpaired) electrons. The minimum absolute atomic E-state index is 0.190. The van der Waals surface area contributed by atoms with E-state index >= 15 is 0 Å². The Hall–Kier alpha value is -1.57. The Morgan fingerprint density at radius 1 is 1.21 bits per heavy atom. The molecule has 0 amide bonds. The number of nitrogens with one attached hydrogen (secondary N) is 2. The van der Waals surface area contributed by atoms with Gasteiger partial charge in [-0.2, -0.15) is 5.10 Å². The summed E-state index contributed by atoms with van der Waals surface area (Å²) in [5, 5.41) is 8.20. The fourth-order valence-electron chi connectivity index (χ4n) is 4.17. The van der Waals surface area contributed by atoms with E-state index in [1.165, 1.54) is 37.9 Å². The third kappa shape index (κ3) is 6.50. The predicted octanol–water partition coefficient (Wildman–Crippen LogP) is 2.80. The number of benzene rings is 1. The number of piperidine rings is 2. The zero-order valence-electron chi connectivity index (χ0n) is 16.7. The summed E-state index contributed by atoms with van der Waals surface area (Å²) in [6.07, 6.45) is 6.96. The van der Waals surface area contributed by atoms with Gasteiger partial charge < -0.3 is 15.1 Å². The summed E-state index contributed by atoms with van der Waals surface area (Å²) in [7, 11) is 2.13. The van der Waals surface area contributed by atoms with Crippen molar-refractivity contribution in [3.05, 3.63) is 35.6 Å². The van der Waals surface area contributed by atoms with E-state index in [1.807, 2.05) is 18.3 Å². The van der Waals surface area contributed by atoms with Crippen molar-refractivity contribution in [1.29, 1.82) is 0 Å². The second-order valence-corrected chi connectivity index (χ2v) is 8.33. The first kappa shape index (κ1) is 21.1. The van der Waals surface area contributed by atoms with E-state index in [4.69, 9.17) is 12.2 Å². The fraction of sp³-hybridized carbons (Fsp3) is 0.619. The molecule has 0 aromatic heterocycles. The topological polar surface area (TPSA) is 42.9 Å². The molecule has 1 aromatic rings. The van der Waals surface area contributed by atoms with Gasteiger partial charge in [0.2, 0.25) is 0 Å². The zero-order chi connectivity index (χ0) is 19.8. The molecule has 5 nitrogen and oxygen atoms in total. The van der Waals surface area contributed by atoms with E-state index < -0.39 is 0 Å². The SMILES string of the molecule is CN1CCC(c2ccc(F)cc2)[C@H](/C=N/NC(=S)NCCN2CCCCC2)C1. The van der Waals surface area contributed by atoms with Crippen LogP contribution in [-0.4, -0.2) is 67.4 Å². The molecule has 0 spiro atoms. The third-order valence-electron chi connectivity index (χ3n) is 5.75. The molecule has 1 unspecified atom stereocenters. The van der Waals surface area contributed by atoms with Crippen LogP contribution in [0.2, 0.25) is 0 Å². The van der Waals surface area contributed by atoms with E-state index in [0.29, 0.717) is 11.0 Å². The quantitative estimate of drug-likeness (QED) is 0.433. The molecule has 2 heterocycles. The van der Waals surface area contributed by atoms with Crippen molar-refractivity contribution < 1.29 is 4.39 Å². The fourth-order valence-corrected chi connectivity index (χ4v) is 4.32. The standard InChI is InChI=1S/C21H32FN5S/c1-26-13-9-20(17-5-7-19(22)8-6-17)18(16-26)15-24-25-21(28)23-10-14-27-11-3-2-4-12-27/h5-8,15,18,20H,2-4,9-14,16H2,1H3,(H2,23,25,28)/b24-15+/t18-,20?/m1/s1. The van der Waals surface area contributed by atoms with Gasteiger partial charge in [-0.15, -0.1) is 0 Å². The summed E-state index contributed by atoms with van der Waals surface area (Å²) in [6, 6.07) is 6.88. The first-order valence-electron chi connectivity index (χ1n) is 10.4. The minimum atomic E-state index is -0.190. The number of rotatable bonds is 6. The molecule has 154 valence electrons. The molecule has 2 fully saturated rings. The number of thiocarbonyl (C=S) groups is 1. The largest absolute Gasteiger partial charge is 0.360 e. The molecule has 2 aliphatic rings. The lowest BCUT2D eigenvalue weighted by atomic mass is 9.81. The second kappa shape index (κ2) is 10.8. The van der Waals surface area contributed by atoms with Crippen molar-refractivity contribution in [3.8, 4) is 0 Å². The summed E-state index contributed by atoms with van der Waals surface area (Å²) in [5.41, 5.74) is 4.13. The van der Waals surface area contributed by atoms with Gasteiger partial charge in [-0.1, -0.05) is 18.6 Å². The molecule has 0 bridgehead atoms. The van der Waals surface area contributed by atoms with E-state index in [2.05, 4.69) is 32.7 Å². The number of nitrogens with zero attached hydrogens (tertiary/aromatic N) is 3. The van der Waals surface area contributed by atoms with Crippen molar-refractivity contribution in [2.75, 3.05) is 46.3 Å². The van der Waals surface area contributed by atoms with Gasteiger partial charge in [0, 0.05) is 31.8 Å². The van der Waals surface area contributed by atoms with Crippen LogP contribution < -0.4 is 10.7 Å². The summed E-state index contributed by atoms with van der Waals surface area (Å²) < 4.78 is 13.3. The van der Waals surface area contributed by atoms with Gasteiger partial charge in [0.25, 0.3) is 0 Å². The third-order valence-corrected chi connectivity index (χ3v) is 5.99. The summed E-state index contributed by atoms with van der Waals surface area (Å²) in [6.45, 7) is 6.22. The van der Waals surface area contributed by atoms with Crippen LogP contribution in [-0.2, 0) is 0 Å². The molecule has 0 saturated carbocycles. The highest BCUT2D eigenvalue weighted by molar-refractivity contribution is 7.80. The Bertz CT molecular complexity index is 645. The highest BCUT2D eigenvalue weighted by Gasteiger charge is 2.27. The van der Waals surface area contributed by atoms with Gasteiger partial charge in [0.15, 0.2) is 5.11 Å². The minimum Gasteiger partial charge on any atom is -0.360 e. The van der Waals surface area contributed by atoms with Gasteiger partial charge >= 0.3 is 0 Å². The van der Waals surface area contributed by atoms with Crippen molar-refractivity contribution >= 4 is 23.5 Å². The van der Waals surface area contributed by atoms with Crippen LogP contribution in [0.15, 0.2) is 29.4 Å². The Morgan fingerprint density at radius 2 is 1.96 bits per heavy atom. The average molecular weight is 406 g/mol. The van der Waals surface area contributed by atoms with Gasteiger partial charge in [-0.25, -0.2) is 4.39 Å². The molecule has 2 atom stereocenters.